The summed E-state index contributed by atoms with van der Waals surface area (Å²) in [6, 6.07) is 17.7. The smallest absolute Gasteiger partial charge is 0.227 e. The van der Waals surface area contributed by atoms with Crippen LogP contribution in [0.25, 0.3) is 0 Å². The lowest BCUT2D eigenvalue weighted by atomic mass is 10.1. The van der Waals surface area contributed by atoms with Gasteiger partial charge in [-0.15, -0.1) is 0 Å². The number of benzene rings is 2. The van der Waals surface area contributed by atoms with E-state index in [1.54, 1.807) is 0 Å². The number of halogens is 1. The maximum atomic E-state index is 12.6. The van der Waals surface area contributed by atoms with E-state index in [0.29, 0.717) is 18.0 Å². The van der Waals surface area contributed by atoms with E-state index in [9.17, 15) is 4.79 Å². The molecule has 0 saturated heterocycles. The van der Waals surface area contributed by atoms with Crippen LogP contribution >= 0.6 is 11.6 Å². The molecule has 110 valence electrons. The predicted molar refractivity (Wildman–Crippen MR) is 87.4 cm³/mol. The normalized spacial score (nSPS) is 12.0. The van der Waals surface area contributed by atoms with Gasteiger partial charge in [0.25, 0.3) is 0 Å². The Balaban J connectivity index is 2.14. The number of carbonyl (C=O) groups is 1. The standard InChI is InChI=1S/C18H20ClNO/c1-3-20(14(2)15-9-5-4-6-10-15)18(21)13-16-11-7-8-12-17(16)19/h4-12,14H,3,13H2,1-2H3. The maximum Gasteiger partial charge on any atom is 0.227 e. The Morgan fingerprint density at radius 1 is 1.10 bits per heavy atom. The van der Waals surface area contributed by atoms with Crippen molar-refractivity contribution >= 4 is 17.5 Å². The lowest BCUT2D eigenvalue weighted by Gasteiger charge is -2.28. The predicted octanol–water partition coefficient (Wildman–Crippen LogP) is 4.49. The van der Waals surface area contributed by atoms with Crippen molar-refractivity contribution in [3.63, 3.8) is 0 Å². The Bertz CT molecular complexity index is 597. The largest absolute Gasteiger partial charge is 0.336 e. The summed E-state index contributed by atoms with van der Waals surface area (Å²) >= 11 is 6.14. The molecule has 2 aromatic rings. The minimum absolute atomic E-state index is 0.0613. The monoisotopic (exact) mass is 301 g/mol. The van der Waals surface area contributed by atoms with Gasteiger partial charge in [-0.25, -0.2) is 0 Å². The highest BCUT2D eigenvalue weighted by molar-refractivity contribution is 6.31. The Morgan fingerprint density at radius 2 is 1.71 bits per heavy atom. The van der Waals surface area contributed by atoms with E-state index in [4.69, 9.17) is 11.6 Å². The molecule has 2 aromatic carbocycles. The van der Waals surface area contributed by atoms with E-state index in [-0.39, 0.29) is 11.9 Å². The first kappa shape index (κ1) is 15.6. The van der Waals surface area contributed by atoms with Gasteiger partial charge in [0.2, 0.25) is 5.91 Å². The summed E-state index contributed by atoms with van der Waals surface area (Å²) in [6.45, 7) is 4.74. The van der Waals surface area contributed by atoms with Gasteiger partial charge in [0.05, 0.1) is 12.5 Å². The van der Waals surface area contributed by atoms with E-state index in [0.717, 1.165) is 11.1 Å². The molecule has 1 amide bonds. The Labute approximate surface area is 131 Å². The third-order valence-electron chi connectivity index (χ3n) is 3.71. The van der Waals surface area contributed by atoms with Crippen molar-refractivity contribution in [3.8, 4) is 0 Å². The van der Waals surface area contributed by atoms with Gasteiger partial charge in [0.15, 0.2) is 0 Å². The van der Waals surface area contributed by atoms with Gasteiger partial charge >= 0.3 is 0 Å². The van der Waals surface area contributed by atoms with Crippen LogP contribution in [0.2, 0.25) is 5.02 Å². The number of likely N-dealkylation sites (N-methyl/N-ethyl adjacent to an activating group) is 1. The second-order valence-corrected chi connectivity index (χ2v) is 5.44. The zero-order chi connectivity index (χ0) is 15.2. The number of amides is 1. The third-order valence-corrected chi connectivity index (χ3v) is 4.08. The van der Waals surface area contributed by atoms with Crippen molar-refractivity contribution in [1.29, 1.82) is 0 Å². The first-order chi connectivity index (χ1) is 10.1. The van der Waals surface area contributed by atoms with Gasteiger partial charge in [0.1, 0.15) is 0 Å². The Morgan fingerprint density at radius 3 is 2.33 bits per heavy atom. The topological polar surface area (TPSA) is 20.3 Å². The maximum absolute atomic E-state index is 12.6. The molecular weight excluding hydrogens is 282 g/mol. The van der Waals surface area contributed by atoms with Gasteiger partial charge in [-0.05, 0) is 31.0 Å². The molecule has 0 aliphatic carbocycles. The molecule has 0 saturated carbocycles. The molecule has 1 unspecified atom stereocenters. The van der Waals surface area contributed by atoms with E-state index < -0.39 is 0 Å². The molecular formula is C18H20ClNO. The highest BCUT2D eigenvalue weighted by Crippen LogP contribution is 2.22. The summed E-state index contributed by atoms with van der Waals surface area (Å²) in [5.74, 6) is 0.0990. The fraction of sp³-hybridized carbons (Fsp3) is 0.278. The van der Waals surface area contributed by atoms with Crippen molar-refractivity contribution in [3.05, 3.63) is 70.7 Å². The number of hydrogen-bond donors (Lipinski definition) is 0. The molecule has 21 heavy (non-hydrogen) atoms. The molecule has 0 N–H and O–H groups in total. The van der Waals surface area contributed by atoms with Crippen LogP contribution in [0, 0.1) is 0 Å². The van der Waals surface area contributed by atoms with Crippen molar-refractivity contribution in [2.75, 3.05) is 6.54 Å². The van der Waals surface area contributed by atoms with Crippen LogP contribution in [0.15, 0.2) is 54.6 Å². The summed E-state index contributed by atoms with van der Waals surface area (Å²) in [5, 5.41) is 0.647. The van der Waals surface area contributed by atoms with Crippen molar-refractivity contribution in [1.82, 2.24) is 4.90 Å². The van der Waals surface area contributed by atoms with Gasteiger partial charge in [-0.2, -0.15) is 0 Å². The number of nitrogens with zero attached hydrogens (tertiary/aromatic N) is 1. The molecule has 0 heterocycles. The molecule has 0 radical (unpaired) electrons. The van der Waals surface area contributed by atoms with Crippen LogP contribution in [0.3, 0.4) is 0 Å². The molecule has 2 nitrogen and oxygen atoms in total. The minimum Gasteiger partial charge on any atom is -0.336 e. The Kier molecular flexibility index (Phi) is 5.40. The van der Waals surface area contributed by atoms with E-state index >= 15 is 0 Å². The fourth-order valence-corrected chi connectivity index (χ4v) is 2.69. The second kappa shape index (κ2) is 7.28. The number of rotatable bonds is 5. The summed E-state index contributed by atoms with van der Waals surface area (Å²) in [7, 11) is 0. The van der Waals surface area contributed by atoms with Crippen LogP contribution < -0.4 is 0 Å². The summed E-state index contributed by atoms with van der Waals surface area (Å²) in [5.41, 5.74) is 2.02. The summed E-state index contributed by atoms with van der Waals surface area (Å²) in [6.07, 6.45) is 0.338. The SMILES string of the molecule is CCN(C(=O)Cc1ccccc1Cl)C(C)c1ccccc1. The number of hydrogen-bond acceptors (Lipinski definition) is 1. The molecule has 0 fully saturated rings. The van der Waals surface area contributed by atoms with Crippen LogP contribution in [0.4, 0.5) is 0 Å². The first-order valence-electron chi connectivity index (χ1n) is 7.21. The minimum atomic E-state index is 0.0613. The highest BCUT2D eigenvalue weighted by Gasteiger charge is 2.20. The molecule has 0 aliphatic heterocycles. The van der Waals surface area contributed by atoms with Crippen molar-refractivity contribution < 1.29 is 4.79 Å². The Hall–Kier alpha value is -1.80. The quantitative estimate of drug-likeness (QED) is 0.796. The van der Waals surface area contributed by atoms with Gasteiger partial charge in [-0.3, -0.25) is 4.79 Å². The molecule has 3 heteroatoms. The molecule has 0 spiro atoms. The van der Waals surface area contributed by atoms with Crippen molar-refractivity contribution in [2.24, 2.45) is 0 Å². The van der Waals surface area contributed by atoms with Gasteiger partial charge in [0, 0.05) is 11.6 Å². The van der Waals surface area contributed by atoms with Crippen LogP contribution in [-0.2, 0) is 11.2 Å². The second-order valence-electron chi connectivity index (χ2n) is 5.03. The van der Waals surface area contributed by atoms with Gasteiger partial charge in [-0.1, -0.05) is 60.1 Å². The lowest BCUT2D eigenvalue weighted by Crippen LogP contribution is -2.34. The van der Waals surface area contributed by atoms with Crippen LogP contribution in [0.5, 0.6) is 0 Å². The third kappa shape index (κ3) is 3.85. The molecule has 0 bridgehead atoms. The average Bonchev–Trinajstić information content (AvgIpc) is 2.51. The number of carbonyl (C=O) groups excluding carboxylic acids is 1. The zero-order valence-corrected chi connectivity index (χ0v) is 13.2. The van der Waals surface area contributed by atoms with E-state index in [2.05, 4.69) is 19.1 Å². The summed E-state index contributed by atoms with van der Waals surface area (Å²) < 4.78 is 0. The van der Waals surface area contributed by atoms with Gasteiger partial charge < -0.3 is 4.90 Å². The van der Waals surface area contributed by atoms with Crippen molar-refractivity contribution in [2.45, 2.75) is 26.3 Å². The molecule has 0 aromatic heterocycles. The van der Waals surface area contributed by atoms with Crippen LogP contribution in [0.1, 0.15) is 31.0 Å². The zero-order valence-electron chi connectivity index (χ0n) is 12.4. The first-order valence-corrected chi connectivity index (χ1v) is 7.59. The lowest BCUT2D eigenvalue weighted by molar-refractivity contribution is -0.132. The molecule has 1 atom stereocenters. The summed E-state index contributed by atoms with van der Waals surface area (Å²) in [4.78, 5) is 14.5. The average molecular weight is 302 g/mol. The fourth-order valence-electron chi connectivity index (χ4n) is 2.48. The molecule has 2 rings (SSSR count). The highest BCUT2D eigenvalue weighted by atomic mass is 35.5. The van der Waals surface area contributed by atoms with Crippen LogP contribution in [-0.4, -0.2) is 17.4 Å². The van der Waals surface area contributed by atoms with E-state index in [1.807, 2.05) is 54.3 Å². The van der Waals surface area contributed by atoms with E-state index in [1.165, 1.54) is 0 Å². The molecule has 0 aliphatic rings.